The minimum absolute atomic E-state index is 0.0631. The maximum absolute atomic E-state index is 12.4. The lowest BCUT2D eigenvalue weighted by molar-refractivity contribution is -0.146. The molecule has 2 aromatic carbocycles. The van der Waals surface area contributed by atoms with E-state index in [1.54, 1.807) is 16.2 Å². The second kappa shape index (κ2) is 7.51. The molecule has 0 atom stereocenters. The number of rotatable bonds is 6. The van der Waals surface area contributed by atoms with Gasteiger partial charge in [0.25, 0.3) is 5.89 Å². The predicted molar refractivity (Wildman–Crippen MR) is 101 cm³/mol. The first-order valence-electron chi connectivity index (χ1n) is 8.81. The van der Waals surface area contributed by atoms with E-state index in [0.29, 0.717) is 5.82 Å². The number of carbonyl (C=O) groups excluding carboxylic acids is 1. The molecule has 28 heavy (non-hydrogen) atoms. The van der Waals surface area contributed by atoms with Crippen LogP contribution in [-0.2, 0) is 29.7 Å². The van der Waals surface area contributed by atoms with Gasteiger partial charge in [0.1, 0.15) is 0 Å². The summed E-state index contributed by atoms with van der Waals surface area (Å²) in [4.78, 5) is 28.7. The SMILES string of the molecule is Cn1c(=O)n(CCC(=O)OCc2nc(-c3ccccc3)no2)c2ccccc21. The molecule has 0 aliphatic rings. The van der Waals surface area contributed by atoms with E-state index < -0.39 is 5.97 Å². The van der Waals surface area contributed by atoms with Gasteiger partial charge in [-0.05, 0) is 12.1 Å². The first kappa shape index (κ1) is 17.7. The van der Waals surface area contributed by atoms with Crippen molar-refractivity contribution in [3.8, 4) is 11.4 Å². The van der Waals surface area contributed by atoms with E-state index in [2.05, 4.69) is 10.1 Å². The zero-order chi connectivity index (χ0) is 19.5. The summed E-state index contributed by atoms with van der Waals surface area (Å²) < 4.78 is 13.4. The van der Waals surface area contributed by atoms with Gasteiger partial charge in [-0.2, -0.15) is 4.98 Å². The van der Waals surface area contributed by atoms with Crippen molar-refractivity contribution in [2.45, 2.75) is 19.6 Å². The van der Waals surface area contributed by atoms with Crippen molar-refractivity contribution in [3.63, 3.8) is 0 Å². The van der Waals surface area contributed by atoms with Crippen LogP contribution in [0.15, 0.2) is 63.9 Å². The number of carbonyl (C=O) groups is 1. The number of hydrogen-bond donors (Lipinski definition) is 0. The number of hydrogen-bond acceptors (Lipinski definition) is 6. The molecule has 4 aromatic rings. The standard InChI is InChI=1S/C20H18N4O4/c1-23-15-9-5-6-10-16(15)24(20(23)26)12-11-18(25)27-13-17-21-19(22-28-17)14-7-3-2-4-8-14/h2-10H,11-13H2,1H3. The molecule has 0 unspecified atom stereocenters. The van der Waals surface area contributed by atoms with Gasteiger partial charge < -0.3 is 9.26 Å². The quantitative estimate of drug-likeness (QED) is 0.479. The lowest BCUT2D eigenvalue weighted by Gasteiger charge is -2.03. The monoisotopic (exact) mass is 378 g/mol. The maximum atomic E-state index is 12.4. The molecule has 0 N–H and O–H groups in total. The highest BCUT2D eigenvalue weighted by Crippen LogP contribution is 2.15. The summed E-state index contributed by atoms with van der Waals surface area (Å²) in [5.41, 5.74) is 2.25. The first-order chi connectivity index (χ1) is 13.6. The van der Waals surface area contributed by atoms with Crippen LogP contribution in [0.3, 0.4) is 0 Å². The van der Waals surface area contributed by atoms with Gasteiger partial charge in [-0.3, -0.25) is 13.9 Å². The van der Waals surface area contributed by atoms with E-state index in [0.717, 1.165) is 16.6 Å². The summed E-state index contributed by atoms with van der Waals surface area (Å²) >= 11 is 0. The molecule has 142 valence electrons. The highest BCUT2D eigenvalue weighted by molar-refractivity contribution is 5.76. The van der Waals surface area contributed by atoms with Gasteiger partial charge in [0.2, 0.25) is 5.82 Å². The molecule has 2 heterocycles. The van der Waals surface area contributed by atoms with E-state index in [4.69, 9.17) is 9.26 Å². The van der Waals surface area contributed by atoms with Crippen LogP contribution in [0.4, 0.5) is 0 Å². The van der Waals surface area contributed by atoms with Crippen LogP contribution in [0, 0.1) is 0 Å². The molecule has 0 saturated carbocycles. The fourth-order valence-corrected chi connectivity index (χ4v) is 3.01. The van der Waals surface area contributed by atoms with Gasteiger partial charge >= 0.3 is 11.7 Å². The van der Waals surface area contributed by atoms with Crippen molar-refractivity contribution in [1.82, 2.24) is 19.3 Å². The predicted octanol–water partition coefficient (Wildman–Crippen LogP) is 2.52. The van der Waals surface area contributed by atoms with Gasteiger partial charge in [0.05, 0.1) is 17.5 Å². The molecule has 0 fully saturated rings. The van der Waals surface area contributed by atoms with E-state index in [-0.39, 0.29) is 31.2 Å². The number of esters is 1. The molecule has 0 saturated heterocycles. The number of imidazole rings is 1. The first-order valence-corrected chi connectivity index (χ1v) is 8.81. The second-order valence-corrected chi connectivity index (χ2v) is 6.27. The van der Waals surface area contributed by atoms with Gasteiger partial charge in [-0.25, -0.2) is 4.79 Å². The minimum Gasteiger partial charge on any atom is -0.456 e. The summed E-state index contributed by atoms with van der Waals surface area (Å²) in [5.74, 6) is 0.211. The Bertz CT molecular complexity index is 1170. The zero-order valence-electron chi connectivity index (χ0n) is 15.2. The highest BCUT2D eigenvalue weighted by Gasteiger charge is 2.14. The van der Waals surface area contributed by atoms with E-state index >= 15 is 0 Å². The second-order valence-electron chi connectivity index (χ2n) is 6.27. The van der Waals surface area contributed by atoms with Gasteiger partial charge in [-0.1, -0.05) is 47.6 Å². The van der Waals surface area contributed by atoms with Crippen LogP contribution < -0.4 is 5.69 Å². The van der Waals surface area contributed by atoms with Crippen molar-refractivity contribution >= 4 is 17.0 Å². The lowest BCUT2D eigenvalue weighted by atomic mass is 10.2. The Balaban J connectivity index is 1.37. The highest BCUT2D eigenvalue weighted by atomic mass is 16.6. The average Bonchev–Trinajstić information content (AvgIpc) is 3.30. The minimum atomic E-state index is -0.445. The molecule has 4 rings (SSSR count). The largest absolute Gasteiger partial charge is 0.456 e. The molecule has 0 aliphatic carbocycles. The van der Waals surface area contributed by atoms with E-state index in [9.17, 15) is 9.59 Å². The lowest BCUT2D eigenvalue weighted by Crippen LogP contribution is -2.23. The van der Waals surface area contributed by atoms with Crippen LogP contribution >= 0.6 is 0 Å². The molecule has 0 aliphatic heterocycles. The number of aromatic nitrogens is 4. The average molecular weight is 378 g/mol. The Hall–Kier alpha value is -3.68. The molecule has 0 radical (unpaired) electrons. The number of nitrogens with zero attached hydrogens (tertiary/aromatic N) is 4. The number of ether oxygens (including phenoxy) is 1. The van der Waals surface area contributed by atoms with E-state index in [1.165, 1.54) is 0 Å². The van der Waals surface area contributed by atoms with Crippen molar-refractivity contribution in [3.05, 3.63) is 71.0 Å². The summed E-state index contributed by atoms with van der Waals surface area (Å²) in [6.07, 6.45) is 0.0631. The molecule has 8 heteroatoms. The molecule has 0 amide bonds. The number of fused-ring (bicyclic) bond motifs is 1. The zero-order valence-corrected chi connectivity index (χ0v) is 15.2. The van der Waals surface area contributed by atoms with Gasteiger partial charge in [0.15, 0.2) is 6.61 Å². The Morgan fingerprint density at radius 2 is 1.79 bits per heavy atom. The molecule has 8 nitrogen and oxygen atoms in total. The Morgan fingerprint density at radius 1 is 1.07 bits per heavy atom. The van der Waals surface area contributed by atoms with Crippen LogP contribution in [0.5, 0.6) is 0 Å². The molecule has 0 spiro atoms. The molecule has 0 bridgehead atoms. The third-order valence-electron chi connectivity index (χ3n) is 4.45. The number of para-hydroxylation sites is 2. The van der Waals surface area contributed by atoms with Crippen LogP contribution in [0.25, 0.3) is 22.4 Å². The number of benzene rings is 2. The summed E-state index contributed by atoms with van der Waals surface area (Å²) in [6, 6.07) is 16.8. The summed E-state index contributed by atoms with van der Waals surface area (Å²) in [6.45, 7) is 0.126. The topological polar surface area (TPSA) is 92.2 Å². The van der Waals surface area contributed by atoms with Crippen LogP contribution in [0.1, 0.15) is 12.3 Å². The summed E-state index contributed by atoms with van der Waals surface area (Å²) in [7, 11) is 1.71. The van der Waals surface area contributed by atoms with Crippen LogP contribution in [-0.4, -0.2) is 25.2 Å². The Kier molecular flexibility index (Phi) is 4.76. The van der Waals surface area contributed by atoms with Crippen molar-refractivity contribution in [2.75, 3.05) is 0 Å². The fraction of sp³-hybridized carbons (Fsp3) is 0.200. The third kappa shape index (κ3) is 3.44. The van der Waals surface area contributed by atoms with Crippen molar-refractivity contribution in [2.24, 2.45) is 7.05 Å². The Labute approximate surface area is 160 Å². The number of aryl methyl sites for hydroxylation is 2. The van der Waals surface area contributed by atoms with Gasteiger partial charge in [-0.15, -0.1) is 0 Å². The third-order valence-corrected chi connectivity index (χ3v) is 4.45. The van der Waals surface area contributed by atoms with E-state index in [1.807, 2.05) is 54.6 Å². The fourth-order valence-electron chi connectivity index (χ4n) is 3.01. The van der Waals surface area contributed by atoms with Gasteiger partial charge in [0, 0.05) is 19.2 Å². The Morgan fingerprint density at radius 3 is 2.57 bits per heavy atom. The molecular weight excluding hydrogens is 360 g/mol. The smallest absolute Gasteiger partial charge is 0.328 e. The normalized spacial score (nSPS) is 11.0. The van der Waals surface area contributed by atoms with Crippen molar-refractivity contribution in [1.29, 1.82) is 0 Å². The van der Waals surface area contributed by atoms with Crippen molar-refractivity contribution < 1.29 is 14.1 Å². The summed E-state index contributed by atoms with van der Waals surface area (Å²) in [5, 5.41) is 3.88. The molecule has 2 aromatic heterocycles. The van der Waals surface area contributed by atoms with Crippen LogP contribution in [0.2, 0.25) is 0 Å². The molecular formula is C20H18N4O4. The maximum Gasteiger partial charge on any atom is 0.328 e.